The van der Waals surface area contributed by atoms with Crippen molar-refractivity contribution in [1.82, 2.24) is 14.8 Å². The maximum Gasteiger partial charge on any atom is 0.224 e. The lowest BCUT2D eigenvalue weighted by Gasteiger charge is -2.15. The molecule has 0 aliphatic rings. The molecular formula is C13H18ClN5. The standard InChI is InChI=1S/C13H18ClN5/c1-3-16-13-18-17-12(19(13)4-2)11(15)9-7-5-6-8-10(9)14/h5-8,11H,3-4,15H2,1-2H3,(H,16,18)/t11-/m1/s1. The minimum atomic E-state index is -0.381. The molecule has 102 valence electrons. The third-order valence-corrected chi connectivity index (χ3v) is 3.29. The van der Waals surface area contributed by atoms with E-state index in [1.54, 1.807) is 0 Å². The van der Waals surface area contributed by atoms with Crippen LogP contribution >= 0.6 is 11.6 Å². The summed E-state index contributed by atoms with van der Waals surface area (Å²) in [6, 6.07) is 7.16. The number of hydrogen-bond acceptors (Lipinski definition) is 4. The van der Waals surface area contributed by atoms with E-state index in [-0.39, 0.29) is 6.04 Å². The van der Waals surface area contributed by atoms with Crippen LogP contribution in [0.25, 0.3) is 0 Å². The van der Waals surface area contributed by atoms with Gasteiger partial charge in [0.05, 0.1) is 6.04 Å². The first-order chi connectivity index (χ1) is 9.19. The number of aromatic nitrogens is 3. The van der Waals surface area contributed by atoms with Gasteiger partial charge in [-0.2, -0.15) is 0 Å². The molecule has 0 saturated carbocycles. The summed E-state index contributed by atoms with van der Waals surface area (Å²) in [6.45, 7) is 5.59. The normalized spacial score (nSPS) is 12.4. The second kappa shape index (κ2) is 6.04. The topological polar surface area (TPSA) is 68.8 Å². The average Bonchev–Trinajstić information content (AvgIpc) is 2.82. The Hall–Kier alpha value is -1.59. The number of rotatable bonds is 5. The maximum atomic E-state index is 6.27. The zero-order chi connectivity index (χ0) is 13.8. The highest BCUT2D eigenvalue weighted by molar-refractivity contribution is 6.31. The summed E-state index contributed by atoms with van der Waals surface area (Å²) in [5, 5.41) is 12.1. The predicted molar refractivity (Wildman–Crippen MR) is 77.3 cm³/mol. The van der Waals surface area contributed by atoms with Gasteiger partial charge in [0.1, 0.15) is 0 Å². The second-order valence-electron chi connectivity index (χ2n) is 4.16. The highest BCUT2D eigenvalue weighted by Gasteiger charge is 2.20. The van der Waals surface area contributed by atoms with E-state index in [1.807, 2.05) is 42.7 Å². The maximum absolute atomic E-state index is 6.27. The number of benzene rings is 1. The SMILES string of the molecule is CCNc1nnc([C@H](N)c2ccccc2Cl)n1CC. The van der Waals surface area contributed by atoms with Crippen LogP contribution in [-0.4, -0.2) is 21.3 Å². The molecule has 19 heavy (non-hydrogen) atoms. The Morgan fingerprint density at radius 1 is 1.32 bits per heavy atom. The van der Waals surface area contributed by atoms with Crippen molar-refractivity contribution in [2.24, 2.45) is 5.73 Å². The van der Waals surface area contributed by atoms with Crippen molar-refractivity contribution in [2.45, 2.75) is 26.4 Å². The van der Waals surface area contributed by atoms with Crippen molar-refractivity contribution < 1.29 is 0 Å². The van der Waals surface area contributed by atoms with E-state index >= 15 is 0 Å². The van der Waals surface area contributed by atoms with Crippen molar-refractivity contribution in [2.75, 3.05) is 11.9 Å². The van der Waals surface area contributed by atoms with Crippen molar-refractivity contribution in [1.29, 1.82) is 0 Å². The molecule has 0 fully saturated rings. The summed E-state index contributed by atoms with van der Waals surface area (Å²) in [5.41, 5.74) is 7.12. The Balaban J connectivity index is 2.39. The summed E-state index contributed by atoms with van der Waals surface area (Å²) in [7, 11) is 0. The van der Waals surface area contributed by atoms with E-state index in [9.17, 15) is 0 Å². The summed E-state index contributed by atoms with van der Waals surface area (Å²) < 4.78 is 1.97. The van der Waals surface area contributed by atoms with E-state index in [2.05, 4.69) is 15.5 Å². The fourth-order valence-electron chi connectivity index (χ4n) is 2.01. The van der Waals surface area contributed by atoms with Gasteiger partial charge in [0.15, 0.2) is 5.82 Å². The molecule has 0 radical (unpaired) electrons. The van der Waals surface area contributed by atoms with E-state index in [0.717, 1.165) is 24.6 Å². The average molecular weight is 280 g/mol. The fourth-order valence-corrected chi connectivity index (χ4v) is 2.27. The highest BCUT2D eigenvalue weighted by Crippen LogP contribution is 2.26. The number of nitrogens with one attached hydrogen (secondary N) is 1. The number of halogens is 1. The van der Waals surface area contributed by atoms with Crippen LogP contribution in [0.5, 0.6) is 0 Å². The van der Waals surface area contributed by atoms with Crippen LogP contribution in [0.4, 0.5) is 5.95 Å². The zero-order valence-electron chi connectivity index (χ0n) is 11.1. The third-order valence-electron chi connectivity index (χ3n) is 2.95. The monoisotopic (exact) mass is 279 g/mol. The summed E-state index contributed by atoms with van der Waals surface area (Å²) in [4.78, 5) is 0. The number of hydrogen-bond donors (Lipinski definition) is 2. The Labute approximate surface area is 117 Å². The lowest BCUT2D eigenvalue weighted by Crippen LogP contribution is -2.19. The van der Waals surface area contributed by atoms with Gasteiger partial charge in [-0.1, -0.05) is 29.8 Å². The largest absolute Gasteiger partial charge is 0.355 e. The van der Waals surface area contributed by atoms with Gasteiger partial charge in [-0.3, -0.25) is 4.57 Å². The Kier molecular flexibility index (Phi) is 4.39. The quantitative estimate of drug-likeness (QED) is 0.882. The van der Waals surface area contributed by atoms with Crippen molar-refractivity contribution >= 4 is 17.5 Å². The molecule has 6 heteroatoms. The van der Waals surface area contributed by atoms with Gasteiger partial charge in [0.25, 0.3) is 0 Å². The molecule has 1 aromatic carbocycles. The van der Waals surface area contributed by atoms with Gasteiger partial charge in [0, 0.05) is 18.1 Å². The summed E-state index contributed by atoms with van der Waals surface area (Å²) >= 11 is 6.18. The first-order valence-electron chi connectivity index (χ1n) is 6.36. The van der Waals surface area contributed by atoms with Crippen LogP contribution in [-0.2, 0) is 6.54 Å². The number of nitrogens with two attached hydrogens (primary N) is 1. The molecule has 0 aliphatic carbocycles. The molecule has 1 aromatic heterocycles. The Bertz CT molecular complexity index is 552. The van der Waals surface area contributed by atoms with Gasteiger partial charge in [-0.25, -0.2) is 0 Å². The second-order valence-corrected chi connectivity index (χ2v) is 4.56. The molecule has 0 amide bonds. The molecule has 1 atom stereocenters. The molecule has 2 rings (SSSR count). The van der Waals surface area contributed by atoms with Gasteiger partial charge >= 0.3 is 0 Å². The summed E-state index contributed by atoms with van der Waals surface area (Å²) in [6.07, 6.45) is 0. The van der Waals surface area contributed by atoms with Crippen LogP contribution in [0.1, 0.15) is 31.3 Å². The molecule has 0 aliphatic heterocycles. The molecular weight excluding hydrogens is 262 g/mol. The van der Waals surface area contributed by atoms with E-state index < -0.39 is 0 Å². The van der Waals surface area contributed by atoms with Crippen LogP contribution in [0.15, 0.2) is 24.3 Å². The van der Waals surface area contributed by atoms with Gasteiger partial charge in [0.2, 0.25) is 5.95 Å². The predicted octanol–water partition coefficient (Wildman–Crippen LogP) is 2.43. The smallest absolute Gasteiger partial charge is 0.224 e. The molecule has 0 unspecified atom stereocenters. The molecule has 0 spiro atoms. The lowest BCUT2D eigenvalue weighted by atomic mass is 10.1. The lowest BCUT2D eigenvalue weighted by molar-refractivity contribution is 0.659. The molecule has 3 N–H and O–H groups in total. The minimum Gasteiger partial charge on any atom is -0.355 e. The van der Waals surface area contributed by atoms with Gasteiger partial charge in [-0.05, 0) is 25.5 Å². The van der Waals surface area contributed by atoms with Gasteiger partial charge in [-0.15, -0.1) is 10.2 Å². The molecule has 0 saturated heterocycles. The van der Waals surface area contributed by atoms with Crippen molar-refractivity contribution in [3.8, 4) is 0 Å². The van der Waals surface area contributed by atoms with Crippen molar-refractivity contribution in [3.63, 3.8) is 0 Å². The molecule has 0 bridgehead atoms. The molecule has 2 aromatic rings. The van der Waals surface area contributed by atoms with E-state index in [1.165, 1.54) is 0 Å². The Morgan fingerprint density at radius 3 is 2.68 bits per heavy atom. The molecule has 5 nitrogen and oxygen atoms in total. The first-order valence-corrected chi connectivity index (χ1v) is 6.73. The molecule has 1 heterocycles. The van der Waals surface area contributed by atoms with E-state index in [4.69, 9.17) is 17.3 Å². The minimum absolute atomic E-state index is 0.381. The van der Waals surface area contributed by atoms with E-state index in [0.29, 0.717) is 10.8 Å². The van der Waals surface area contributed by atoms with Crippen LogP contribution in [0.2, 0.25) is 5.02 Å². The first kappa shape index (κ1) is 13.8. The van der Waals surface area contributed by atoms with Crippen molar-refractivity contribution in [3.05, 3.63) is 40.7 Å². The highest BCUT2D eigenvalue weighted by atomic mass is 35.5. The van der Waals surface area contributed by atoms with Crippen LogP contribution < -0.4 is 11.1 Å². The van der Waals surface area contributed by atoms with Crippen LogP contribution in [0, 0.1) is 0 Å². The fraction of sp³-hybridized carbons (Fsp3) is 0.385. The third kappa shape index (κ3) is 2.72. The summed E-state index contributed by atoms with van der Waals surface area (Å²) in [5.74, 6) is 1.45. The zero-order valence-corrected chi connectivity index (χ0v) is 11.9. The van der Waals surface area contributed by atoms with Crippen LogP contribution in [0.3, 0.4) is 0 Å². The Morgan fingerprint density at radius 2 is 2.05 bits per heavy atom. The number of nitrogens with zero attached hydrogens (tertiary/aromatic N) is 3. The number of anilines is 1. The van der Waals surface area contributed by atoms with Gasteiger partial charge < -0.3 is 11.1 Å².